The van der Waals surface area contributed by atoms with Gasteiger partial charge in [0.2, 0.25) is 0 Å². The van der Waals surface area contributed by atoms with Gasteiger partial charge in [0.1, 0.15) is 0 Å². The zero-order chi connectivity index (χ0) is 46.1. The Balaban J connectivity index is 1.01. The summed E-state index contributed by atoms with van der Waals surface area (Å²) in [6.45, 7) is 4.71. The second kappa shape index (κ2) is 16.3. The lowest BCUT2D eigenvalue weighted by Gasteiger charge is -2.27. The largest absolute Gasteiger partial charge is 0.310 e. The van der Waals surface area contributed by atoms with Gasteiger partial charge in [0.15, 0.2) is 0 Å². The van der Waals surface area contributed by atoms with Crippen LogP contribution in [-0.4, -0.2) is 4.57 Å². The molecule has 0 saturated heterocycles. The van der Waals surface area contributed by atoms with Gasteiger partial charge in [-0.2, -0.15) is 0 Å². The first-order valence-electron chi connectivity index (χ1n) is 24.0. The van der Waals surface area contributed by atoms with Crippen LogP contribution in [0.3, 0.4) is 0 Å². The average Bonchev–Trinajstić information content (AvgIpc) is 3.86. The van der Waals surface area contributed by atoms with Crippen LogP contribution in [0.1, 0.15) is 25.0 Å². The molecule has 69 heavy (non-hydrogen) atoms. The zero-order valence-corrected chi connectivity index (χ0v) is 38.6. The fourth-order valence-electron chi connectivity index (χ4n) is 11.0. The summed E-state index contributed by atoms with van der Waals surface area (Å²) in [5, 5.41) is 4.89. The Morgan fingerprint density at radius 2 is 0.812 bits per heavy atom. The molecule has 2 nitrogen and oxygen atoms in total. The maximum Gasteiger partial charge on any atom is 0.0542 e. The van der Waals surface area contributed by atoms with Gasteiger partial charge in [0.25, 0.3) is 0 Å². The van der Waals surface area contributed by atoms with Crippen molar-refractivity contribution in [2.75, 3.05) is 4.90 Å². The Morgan fingerprint density at radius 3 is 1.54 bits per heavy atom. The molecule has 12 aromatic rings. The van der Waals surface area contributed by atoms with Crippen molar-refractivity contribution in [1.29, 1.82) is 0 Å². The number of fused-ring (bicyclic) bond motifs is 7. The summed E-state index contributed by atoms with van der Waals surface area (Å²) in [5.41, 5.74) is 21.6. The fourth-order valence-corrected chi connectivity index (χ4v) is 11.0. The van der Waals surface area contributed by atoms with E-state index in [1.54, 1.807) is 0 Å². The standard InChI is InChI=1S/C67H48N2/c1-67(2)63-25-15-14-24-59(63)60-35-30-52(43-64(60)67)48-28-32-56(33-29-48)68(58-40-53(45-16-6-3-7-17-45)39-54(41-58)46-18-8-4-9-19-46)57-34-37-66-62(44-57)61-42-51(50-27-26-47-20-12-13-21-49(47)38-50)31-36-65(61)69(66)55-22-10-5-11-23-55/h3-44H,1-2H3. The van der Waals surface area contributed by atoms with E-state index in [-0.39, 0.29) is 5.41 Å². The Bertz CT molecular complexity index is 3840. The lowest BCUT2D eigenvalue weighted by atomic mass is 9.81. The molecule has 13 rings (SSSR count). The van der Waals surface area contributed by atoms with Crippen LogP contribution in [0.2, 0.25) is 0 Å². The van der Waals surface area contributed by atoms with Crippen molar-refractivity contribution in [3.63, 3.8) is 0 Å². The molecular weight excluding hydrogens is 833 g/mol. The van der Waals surface area contributed by atoms with Crippen molar-refractivity contribution in [1.82, 2.24) is 4.57 Å². The molecule has 0 N–H and O–H groups in total. The minimum absolute atomic E-state index is 0.0720. The van der Waals surface area contributed by atoms with Crippen LogP contribution in [0, 0.1) is 0 Å². The average molecular weight is 881 g/mol. The van der Waals surface area contributed by atoms with E-state index in [0.717, 1.165) is 39.4 Å². The maximum absolute atomic E-state index is 2.45. The highest BCUT2D eigenvalue weighted by atomic mass is 15.1. The number of nitrogens with zero attached hydrogens (tertiary/aromatic N) is 2. The molecule has 0 spiro atoms. The molecule has 1 aromatic heterocycles. The molecule has 0 unspecified atom stereocenters. The molecular formula is C67H48N2. The molecule has 0 amide bonds. The van der Waals surface area contributed by atoms with Crippen molar-refractivity contribution in [3.8, 4) is 61.3 Å². The summed E-state index contributed by atoms with van der Waals surface area (Å²) in [6.07, 6.45) is 0. The Hall–Kier alpha value is -8.72. The summed E-state index contributed by atoms with van der Waals surface area (Å²) in [5.74, 6) is 0. The minimum Gasteiger partial charge on any atom is -0.310 e. The third kappa shape index (κ3) is 6.95. The topological polar surface area (TPSA) is 8.17 Å². The van der Waals surface area contributed by atoms with Crippen molar-refractivity contribution in [2.24, 2.45) is 0 Å². The van der Waals surface area contributed by atoms with E-state index < -0.39 is 0 Å². The number of hydrogen-bond donors (Lipinski definition) is 0. The number of para-hydroxylation sites is 1. The van der Waals surface area contributed by atoms with Gasteiger partial charge in [-0.05, 0) is 162 Å². The van der Waals surface area contributed by atoms with Gasteiger partial charge in [-0.3, -0.25) is 0 Å². The molecule has 11 aromatic carbocycles. The van der Waals surface area contributed by atoms with E-state index >= 15 is 0 Å². The lowest BCUT2D eigenvalue weighted by molar-refractivity contribution is 0.660. The zero-order valence-electron chi connectivity index (χ0n) is 38.6. The molecule has 0 atom stereocenters. The second-order valence-corrected chi connectivity index (χ2v) is 19.0. The number of anilines is 3. The molecule has 0 aliphatic heterocycles. The van der Waals surface area contributed by atoms with E-state index in [9.17, 15) is 0 Å². The first-order valence-corrected chi connectivity index (χ1v) is 24.0. The van der Waals surface area contributed by atoms with Crippen molar-refractivity contribution >= 4 is 49.6 Å². The molecule has 0 radical (unpaired) electrons. The predicted molar refractivity (Wildman–Crippen MR) is 292 cm³/mol. The van der Waals surface area contributed by atoms with E-state index in [1.807, 2.05) is 0 Å². The van der Waals surface area contributed by atoms with E-state index in [0.29, 0.717) is 0 Å². The molecule has 2 heteroatoms. The van der Waals surface area contributed by atoms with Gasteiger partial charge in [-0.25, -0.2) is 0 Å². The minimum atomic E-state index is -0.0720. The summed E-state index contributed by atoms with van der Waals surface area (Å²) >= 11 is 0. The SMILES string of the molecule is CC1(C)c2ccccc2-c2ccc(-c3ccc(N(c4cc(-c5ccccc5)cc(-c5ccccc5)c4)c4ccc5c(c4)c4cc(-c6ccc7ccccc7c6)ccc4n5-c4ccccc4)cc3)cc21. The third-order valence-corrected chi connectivity index (χ3v) is 14.5. The van der Waals surface area contributed by atoms with Gasteiger partial charge in [-0.15, -0.1) is 0 Å². The molecule has 1 aliphatic carbocycles. The van der Waals surface area contributed by atoms with Crippen LogP contribution in [-0.2, 0) is 5.41 Å². The van der Waals surface area contributed by atoms with Gasteiger partial charge in [0.05, 0.1) is 11.0 Å². The van der Waals surface area contributed by atoms with Crippen LogP contribution < -0.4 is 4.90 Å². The highest BCUT2D eigenvalue weighted by molar-refractivity contribution is 6.12. The third-order valence-electron chi connectivity index (χ3n) is 14.5. The molecule has 0 bridgehead atoms. The number of hydrogen-bond acceptors (Lipinski definition) is 1. The van der Waals surface area contributed by atoms with Gasteiger partial charge >= 0.3 is 0 Å². The smallest absolute Gasteiger partial charge is 0.0542 e. The summed E-state index contributed by atoms with van der Waals surface area (Å²) in [6, 6.07) is 93.8. The second-order valence-electron chi connectivity index (χ2n) is 19.0. The highest BCUT2D eigenvalue weighted by Crippen LogP contribution is 2.50. The first kappa shape index (κ1) is 40.5. The quantitative estimate of drug-likeness (QED) is 0.148. The molecule has 326 valence electrons. The van der Waals surface area contributed by atoms with E-state index in [1.165, 1.54) is 82.7 Å². The monoisotopic (exact) mass is 880 g/mol. The van der Waals surface area contributed by atoms with Gasteiger partial charge in [0, 0.05) is 38.9 Å². The maximum atomic E-state index is 2.45. The highest BCUT2D eigenvalue weighted by Gasteiger charge is 2.35. The molecule has 0 saturated carbocycles. The molecule has 1 heterocycles. The van der Waals surface area contributed by atoms with Crippen LogP contribution in [0.25, 0.3) is 93.9 Å². The molecule has 1 aliphatic rings. The summed E-state index contributed by atoms with van der Waals surface area (Å²) < 4.78 is 2.41. The normalized spacial score (nSPS) is 12.6. The first-order chi connectivity index (χ1) is 33.9. The van der Waals surface area contributed by atoms with Gasteiger partial charge in [-0.1, -0.05) is 184 Å². The summed E-state index contributed by atoms with van der Waals surface area (Å²) in [4.78, 5) is 2.45. The Kier molecular flexibility index (Phi) is 9.55. The summed E-state index contributed by atoms with van der Waals surface area (Å²) in [7, 11) is 0. The van der Waals surface area contributed by atoms with Crippen molar-refractivity contribution in [2.45, 2.75) is 19.3 Å². The number of rotatable bonds is 8. The number of benzene rings is 11. The van der Waals surface area contributed by atoms with E-state index in [2.05, 4.69) is 278 Å². The Morgan fingerprint density at radius 1 is 0.304 bits per heavy atom. The number of aromatic nitrogens is 1. The van der Waals surface area contributed by atoms with Crippen LogP contribution >= 0.6 is 0 Å². The van der Waals surface area contributed by atoms with Crippen molar-refractivity contribution < 1.29 is 0 Å². The lowest BCUT2D eigenvalue weighted by Crippen LogP contribution is -2.14. The van der Waals surface area contributed by atoms with Gasteiger partial charge < -0.3 is 9.47 Å². The molecule has 0 fully saturated rings. The fraction of sp³-hybridized carbons (Fsp3) is 0.0448. The van der Waals surface area contributed by atoms with E-state index in [4.69, 9.17) is 0 Å². The van der Waals surface area contributed by atoms with Crippen LogP contribution in [0.4, 0.5) is 17.1 Å². The van der Waals surface area contributed by atoms with Crippen molar-refractivity contribution in [3.05, 3.63) is 266 Å². The Labute approximate surface area is 403 Å². The van der Waals surface area contributed by atoms with Crippen LogP contribution in [0.15, 0.2) is 255 Å². The van der Waals surface area contributed by atoms with Crippen LogP contribution in [0.5, 0.6) is 0 Å². The predicted octanol–water partition coefficient (Wildman–Crippen LogP) is 18.4.